The molecule has 2 bridgehead atoms. The van der Waals surface area contributed by atoms with Crippen molar-refractivity contribution >= 4 is 5.78 Å². The van der Waals surface area contributed by atoms with Crippen LogP contribution in [0.15, 0.2) is 0 Å². The smallest absolute Gasteiger partial charge is 0.142 e. The average Bonchev–Trinajstić information content (AvgIpc) is 2.84. The highest BCUT2D eigenvalue weighted by molar-refractivity contribution is 5.91. The lowest BCUT2D eigenvalue weighted by Crippen LogP contribution is -2.45. The van der Waals surface area contributed by atoms with Gasteiger partial charge < -0.3 is 0 Å². The summed E-state index contributed by atoms with van der Waals surface area (Å²) in [4.78, 5) is 12.5. The molecule has 4 unspecified atom stereocenters. The highest BCUT2D eigenvalue weighted by Crippen LogP contribution is 2.62. The summed E-state index contributed by atoms with van der Waals surface area (Å²) in [5.74, 6) is 2.67. The fourth-order valence-corrected chi connectivity index (χ4v) is 4.97. The second-order valence-corrected chi connectivity index (χ2v) is 5.96. The van der Waals surface area contributed by atoms with E-state index in [1.807, 2.05) is 0 Å². The van der Waals surface area contributed by atoms with Gasteiger partial charge in [-0.3, -0.25) is 4.79 Å². The number of hydrogen-bond acceptors (Lipinski definition) is 1. The summed E-state index contributed by atoms with van der Waals surface area (Å²) in [6, 6.07) is 0. The van der Waals surface area contributed by atoms with E-state index in [1.165, 1.54) is 51.4 Å². The Morgan fingerprint density at radius 3 is 2.80 bits per heavy atom. The molecule has 0 heterocycles. The summed E-state index contributed by atoms with van der Waals surface area (Å²) < 4.78 is 0. The van der Waals surface area contributed by atoms with E-state index in [4.69, 9.17) is 0 Å². The molecule has 3 saturated carbocycles. The molecule has 0 saturated heterocycles. The van der Waals surface area contributed by atoms with E-state index in [-0.39, 0.29) is 5.41 Å². The van der Waals surface area contributed by atoms with Gasteiger partial charge in [0, 0.05) is 11.3 Å². The number of hydrogen-bond donors (Lipinski definition) is 0. The van der Waals surface area contributed by atoms with Crippen molar-refractivity contribution in [3.8, 4) is 0 Å². The standard InChI is InChI=1S/C14H22O/c1-2-11-5-3-4-8-14(11)12-7-6-10(9-12)13(14)15/h10-12H,2-9H2,1H3. The lowest BCUT2D eigenvalue weighted by Gasteiger charge is -2.45. The Hall–Kier alpha value is -0.330. The van der Waals surface area contributed by atoms with Crippen molar-refractivity contribution in [2.75, 3.05) is 0 Å². The maximum atomic E-state index is 12.5. The van der Waals surface area contributed by atoms with E-state index >= 15 is 0 Å². The van der Waals surface area contributed by atoms with Crippen molar-refractivity contribution < 1.29 is 4.79 Å². The topological polar surface area (TPSA) is 17.1 Å². The van der Waals surface area contributed by atoms with Crippen LogP contribution in [-0.2, 0) is 4.79 Å². The summed E-state index contributed by atoms with van der Waals surface area (Å²) in [7, 11) is 0. The van der Waals surface area contributed by atoms with E-state index < -0.39 is 0 Å². The monoisotopic (exact) mass is 206 g/mol. The molecule has 1 heteroatoms. The van der Waals surface area contributed by atoms with Crippen LogP contribution in [0.2, 0.25) is 0 Å². The van der Waals surface area contributed by atoms with Gasteiger partial charge in [0.15, 0.2) is 0 Å². The molecule has 0 aromatic rings. The highest BCUT2D eigenvalue weighted by Gasteiger charge is 2.60. The SMILES string of the molecule is CCC1CCCCC12C(=O)C1CCC2C1. The summed E-state index contributed by atoms with van der Waals surface area (Å²) in [6.45, 7) is 2.29. The third-order valence-corrected chi connectivity index (χ3v) is 5.61. The molecule has 0 aliphatic heterocycles. The largest absolute Gasteiger partial charge is 0.299 e. The van der Waals surface area contributed by atoms with Crippen molar-refractivity contribution in [1.82, 2.24) is 0 Å². The van der Waals surface area contributed by atoms with Gasteiger partial charge in [-0.2, -0.15) is 0 Å². The molecule has 3 fully saturated rings. The van der Waals surface area contributed by atoms with Crippen molar-refractivity contribution in [2.24, 2.45) is 23.2 Å². The molecular formula is C14H22O. The van der Waals surface area contributed by atoms with Gasteiger partial charge in [-0.15, -0.1) is 0 Å². The first-order valence-electron chi connectivity index (χ1n) is 6.83. The Bertz CT molecular complexity index is 283. The Morgan fingerprint density at radius 1 is 1.27 bits per heavy atom. The molecule has 3 aliphatic rings. The maximum absolute atomic E-state index is 12.5. The first-order valence-corrected chi connectivity index (χ1v) is 6.83. The average molecular weight is 206 g/mol. The highest BCUT2D eigenvalue weighted by atomic mass is 16.1. The Labute approximate surface area is 92.6 Å². The van der Waals surface area contributed by atoms with E-state index in [9.17, 15) is 4.79 Å². The molecule has 0 N–H and O–H groups in total. The Balaban J connectivity index is 1.96. The summed E-state index contributed by atoms with van der Waals surface area (Å²) in [6.07, 6.45) is 10.3. The van der Waals surface area contributed by atoms with Gasteiger partial charge in [0.25, 0.3) is 0 Å². The minimum atomic E-state index is 0.177. The van der Waals surface area contributed by atoms with Gasteiger partial charge in [-0.25, -0.2) is 0 Å². The van der Waals surface area contributed by atoms with Crippen LogP contribution in [-0.4, -0.2) is 5.78 Å². The molecular weight excluding hydrogens is 184 g/mol. The number of fused-ring (bicyclic) bond motifs is 3. The van der Waals surface area contributed by atoms with Gasteiger partial charge in [-0.05, 0) is 43.9 Å². The van der Waals surface area contributed by atoms with E-state index in [0.717, 1.165) is 11.8 Å². The molecule has 1 nitrogen and oxygen atoms in total. The molecule has 0 aromatic carbocycles. The van der Waals surface area contributed by atoms with E-state index in [2.05, 4.69) is 6.92 Å². The van der Waals surface area contributed by atoms with Crippen LogP contribution in [0.1, 0.15) is 58.3 Å². The quantitative estimate of drug-likeness (QED) is 0.641. The Morgan fingerprint density at radius 2 is 2.13 bits per heavy atom. The predicted molar refractivity (Wildman–Crippen MR) is 60.5 cm³/mol. The lowest BCUT2D eigenvalue weighted by molar-refractivity contribution is -0.139. The summed E-state index contributed by atoms with van der Waals surface area (Å²) in [5, 5.41) is 0. The van der Waals surface area contributed by atoms with Gasteiger partial charge in [0.05, 0.1) is 0 Å². The first kappa shape index (κ1) is 9.86. The van der Waals surface area contributed by atoms with Crippen LogP contribution < -0.4 is 0 Å². The number of rotatable bonds is 1. The number of carbonyl (C=O) groups is 1. The number of carbonyl (C=O) groups excluding carboxylic acids is 1. The van der Waals surface area contributed by atoms with Gasteiger partial charge in [0.2, 0.25) is 0 Å². The minimum Gasteiger partial charge on any atom is -0.299 e. The predicted octanol–water partition coefficient (Wildman–Crippen LogP) is 3.57. The lowest BCUT2D eigenvalue weighted by atomic mass is 9.57. The van der Waals surface area contributed by atoms with Crippen LogP contribution in [0.5, 0.6) is 0 Å². The normalized spacial score (nSPS) is 49.1. The fourth-order valence-electron chi connectivity index (χ4n) is 4.97. The second-order valence-electron chi connectivity index (χ2n) is 5.96. The zero-order valence-corrected chi connectivity index (χ0v) is 9.80. The minimum absolute atomic E-state index is 0.177. The number of Topliss-reactive ketones (excluding diaryl/α,β-unsaturated/α-hetero) is 1. The maximum Gasteiger partial charge on any atom is 0.142 e. The van der Waals surface area contributed by atoms with E-state index in [0.29, 0.717) is 11.7 Å². The van der Waals surface area contributed by atoms with Crippen molar-refractivity contribution in [1.29, 1.82) is 0 Å². The van der Waals surface area contributed by atoms with Crippen LogP contribution in [0, 0.1) is 23.2 Å². The molecule has 0 radical (unpaired) electrons. The van der Waals surface area contributed by atoms with Crippen molar-refractivity contribution in [3.05, 3.63) is 0 Å². The molecule has 15 heavy (non-hydrogen) atoms. The second kappa shape index (κ2) is 3.33. The molecule has 4 atom stereocenters. The third kappa shape index (κ3) is 1.13. The van der Waals surface area contributed by atoms with Gasteiger partial charge >= 0.3 is 0 Å². The molecule has 0 aromatic heterocycles. The Kier molecular flexibility index (Phi) is 2.19. The molecule has 3 rings (SSSR count). The zero-order valence-electron chi connectivity index (χ0n) is 9.80. The zero-order chi connectivity index (χ0) is 10.5. The van der Waals surface area contributed by atoms with E-state index in [1.54, 1.807) is 0 Å². The van der Waals surface area contributed by atoms with Gasteiger partial charge in [-0.1, -0.05) is 26.2 Å². The molecule has 3 aliphatic carbocycles. The van der Waals surface area contributed by atoms with Crippen LogP contribution >= 0.6 is 0 Å². The molecule has 0 amide bonds. The molecule has 84 valence electrons. The summed E-state index contributed by atoms with van der Waals surface area (Å²) >= 11 is 0. The van der Waals surface area contributed by atoms with Crippen LogP contribution in [0.4, 0.5) is 0 Å². The summed E-state index contributed by atoms with van der Waals surface area (Å²) in [5.41, 5.74) is 0.177. The molecule has 1 spiro atoms. The fraction of sp³-hybridized carbons (Fsp3) is 0.929. The van der Waals surface area contributed by atoms with Gasteiger partial charge in [0.1, 0.15) is 5.78 Å². The van der Waals surface area contributed by atoms with Crippen LogP contribution in [0.3, 0.4) is 0 Å². The van der Waals surface area contributed by atoms with Crippen molar-refractivity contribution in [3.63, 3.8) is 0 Å². The van der Waals surface area contributed by atoms with Crippen molar-refractivity contribution in [2.45, 2.75) is 58.3 Å². The third-order valence-electron chi connectivity index (χ3n) is 5.61. The first-order chi connectivity index (χ1) is 7.29. The van der Waals surface area contributed by atoms with Crippen LogP contribution in [0.25, 0.3) is 0 Å². The number of ketones is 1.